The lowest BCUT2D eigenvalue weighted by Crippen LogP contribution is -2.24. The van der Waals surface area contributed by atoms with Gasteiger partial charge in [0.25, 0.3) is 5.91 Å². The monoisotopic (exact) mass is 334 g/mol. The van der Waals surface area contributed by atoms with Gasteiger partial charge < -0.3 is 4.74 Å². The second-order valence-corrected chi connectivity index (χ2v) is 5.48. The van der Waals surface area contributed by atoms with Crippen LogP contribution in [0.2, 0.25) is 0 Å². The normalized spacial score (nSPS) is 10.8. The number of carbonyl (C=O) groups excluding carboxylic acids is 1. The fourth-order valence-corrected chi connectivity index (χ4v) is 2.15. The van der Waals surface area contributed by atoms with Crippen LogP contribution in [0.3, 0.4) is 0 Å². The lowest BCUT2D eigenvalue weighted by Gasteiger charge is -2.01. The van der Waals surface area contributed by atoms with Gasteiger partial charge in [-0.15, -0.1) is 5.10 Å². The van der Waals surface area contributed by atoms with Gasteiger partial charge in [0.2, 0.25) is 5.88 Å². The molecule has 0 aliphatic carbocycles. The predicted octanol–water partition coefficient (Wildman–Crippen LogP) is 2.91. The highest BCUT2D eigenvalue weighted by Gasteiger charge is 2.06. The topological polar surface area (TPSA) is 79.4 Å². The van der Waals surface area contributed by atoms with E-state index in [0.29, 0.717) is 5.88 Å². The molecular formula is C19H18N4O2. The van der Waals surface area contributed by atoms with E-state index in [1.165, 1.54) is 5.56 Å². The maximum Gasteiger partial charge on any atom is 0.278 e. The van der Waals surface area contributed by atoms with E-state index in [1.807, 2.05) is 61.5 Å². The molecule has 0 saturated heterocycles. The van der Waals surface area contributed by atoms with E-state index in [-0.39, 0.29) is 12.5 Å². The van der Waals surface area contributed by atoms with Gasteiger partial charge in [-0.25, -0.2) is 5.43 Å². The molecule has 0 atom stereocenters. The number of benzene rings is 2. The minimum Gasteiger partial charge on any atom is -0.466 e. The summed E-state index contributed by atoms with van der Waals surface area (Å²) in [4.78, 5) is 11.7. The fourth-order valence-electron chi connectivity index (χ4n) is 2.15. The SMILES string of the molecule is Cc1ccc(/C=N/NC(=O)COc2cc(-c3ccccc3)[nH]n2)cc1. The molecule has 6 heteroatoms. The predicted molar refractivity (Wildman–Crippen MR) is 96.4 cm³/mol. The number of nitrogens with one attached hydrogen (secondary N) is 2. The number of ether oxygens (including phenoxy) is 1. The van der Waals surface area contributed by atoms with Crippen LogP contribution in [0.4, 0.5) is 0 Å². The highest BCUT2D eigenvalue weighted by molar-refractivity contribution is 5.82. The molecule has 0 unspecified atom stereocenters. The van der Waals surface area contributed by atoms with Crippen molar-refractivity contribution >= 4 is 12.1 Å². The van der Waals surface area contributed by atoms with Gasteiger partial charge >= 0.3 is 0 Å². The molecule has 0 radical (unpaired) electrons. The van der Waals surface area contributed by atoms with Crippen molar-refractivity contribution in [2.24, 2.45) is 5.10 Å². The maximum absolute atomic E-state index is 11.7. The number of H-pyrrole nitrogens is 1. The number of hydrogen-bond acceptors (Lipinski definition) is 4. The van der Waals surface area contributed by atoms with Gasteiger partial charge in [-0.1, -0.05) is 60.2 Å². The van der Waals surface area contributed by atoms with Crippen molar-refractivity contribution in [3.8, 4) is 17.1 Å². The van der Waals surface area contributed by atoms with Crippen molar-refractivity contribution in [2.75, 3.05) is 6.61 Å². The molecule has 2 N–H and O–H groups in total. The van der Waals surface area contributed by atoms with Crippen LogP contribution >= 0.6 is 0 Å². The first-order valence-corrected chi connectivity index (χ1v) is 7.83. The van der Waals surface area contributed by atoms with Crippen molar-refractivity contribution in [3.63, 3.8) is 0 Å². The minimum atomic E-state index is -0.354. The molecule has 6 nitrogen and oxygen atoms in total. The Kier molecular flexibility index (Phi) is 5.21. The number of rotatable bonds is 6. The molecule has 0 fully saturated rings. The smallest absolute Gasteiger partial charge is 0.278 e. The lowest BCUT2D eigenvalue weighted by atomic mass is 10.2. The Morgan fingerprint density at radius 2 is 1.96 bits per heavy atom. The molecule has 2 aromatic carbocycles. The Morgan fingerprint density at radius 3 is 2.72 bits per heavy atom. The second-order valence-electron chi connectivity index (χ2n) is 5.48. The van der Waals surface area contributed by atoms with E-state index in [1.54, 1.807) is 12.3 Å². The molecule has 1 amide bonds. The van der Waals surface area contributed by atoms with E-state index < -0.39 is 0 Å². The molecule has 0 saturated carbocycles. The Bertz CT molecular complexity index is 855. The lowest BCUT2D eigenvalue weighted by molar-refractivity contribution is -0.123. The molecule has 25 heavy (non-hydrogen) atoms. The average Bonchev–Trinajstić information content (AvgIpc) is 3.11. The Hall–Kier alpha value is -3.41. The van der Waals surface area contributed by atoms with Gasteiger partial charge in [-0.05, 0) is 18.1 Å². The van der Waals surface area contributed by atoms with E-state index in [0.717, 1.165) is 16.8 Å². The van der Waals surface area contributed by atoms with Crippen molar-refractivity contribution in [1.82, 2.24) is 15.6 Å². The molecule has 0 aliphatic heterocycles. The van der Waals surface area contributed by atoms with E-state index in [4.69, 9.17) is 4.74 Å². The Balaban J connectivity index is 1.48. The number of aromatic amines is 1. The number of carbonyl (C=O) groups is 1. The number of nitrogens with zero attached hydrogens (tertiary/aromatic N) is 2. The first-order chi connectivity index (χ1) is 12.2. The molecule has 0 aliphatic rings. The number of hydrogen-bond donors (Lipinski definition) is 2. The first-order valence-electron chi connectivity index (χ1n) is 7.83. The molecule has 1 aromatic heterocycles. The summed E-state index contributed by atoms with van der Waals surface area (Å²) in [5, 5.41) is 10.8. The summed E-state index contributed by atoms with van der Waals surface area (Å²) < 4.78 is 5.36. The molecule has 126 valence electrons. The standard InChI is InChI=1S/C19H18N4O2/c1-14-7-9-15(10-8-14)12-20-22-18(24)13-25-19-11-17(21-23-19)16-5-3-2-4-6-16/h2-12H,13H2,1H3,(H,21,23)(H,22,24)/b20-12+. The zero-order valence-corrected chi connectivity index (χ0v) is 13.8. The van der Waals surface area contributed by atoms with Gasteiger partial charge in [0.05, 0.1) is 11.9 Å². The third-order valence-electron chi connectivity index (χ3n) is 3.47. The first kappa shape index (κ1) is 16.4. The fraction of sp³-hybridized carbons (Fsp3) is 0.105. The van der Waals surface area contributed by atoms with E-state index >= 15 is 0 Å². The van der Waals surface area contributed by atoms with Crippen molar-refractivity contribution < 1.29 is 9.53 Å². The molecule has 3 rings (SSSR count). The maximum atomic E-state index is 11.7. The summed E-state index contributed by atoms with van der Waals surface area (Å²) in [6.07, 6.45) is 1.58. The van der Waals surface area contributed by atoms with Gasteiger partial charge in [-0.3, -0.25) is 9.89 Å². The molecule has 0 spiro atoms. The molecule has 0 bridgehead atoms. The zero-order chi connectivity index (χ0) is 17.5. The summed E-state index contributed by atoms with van der Waals surface area (Å²) in [7, 11) is 0. The number of aryl methyl sites for hydroxylation is 1. The third kappa shape index (κ3) is 4.78. The van der Waals surface area contributed by atoms with Crippen LogP contribution in [0, 0.1) is 6.92 Å². The van der Waals surface area contributed by atoms with Crippen LogP contribution in [0.15, 0.2) is 65.8 Å². The Morgan fingerprint density at radius 1 is 1.20 bits per heavy atom. The quantitative estimate of drug-likeness (QED) is 0.537. The summed E-state index contributed by atoms with van der Waals surface area (Å²) in [5.74, 6) is 0.00383. The van der Waals surface area contributed by atoms with Crippen molar-refractivity contribution in [1.29, 1.82) is 0 Å². The van der Waals surface area contributed by atoms with Gasteiger partial charge in [0.1, 0.15) is 0 Å². The van der Waals surface area contributed by atoms with E-state index in [9.17, 15) is 4.79 Å². The van der Waals surface area contributed by atoms with Crippen LogP contribution in [0.1, 0.15) is 11.1 Å². The van der Waals surface area contributed by atoms with Gasteiger partial charge in [0.15, 0.2) is 6.61 Å². The summed E-state index contributed by atoms with van der Waals surface area (Å²) in [6.45, 7) is 1.85. The van der Waals surface area contributed by atoms with Crippen LogP contribution in [0.5, 0.6) is 5.88 Å². The second kappa shape index (κ2) is 7.92. The largest absolute Gasteiger partial charge is 0.466 e. The zero-order valence-electron chi connectivity index (χ0n) is 13.8. The average molecular weight is 334 g/mol. The van der Waals surface area contributed by atoms with Gasteiger partial charge in [-0.2, -0.15) is 5.10 Å². The van der Waals surface area contributed by atoms with Crippen molar-refractivity contribution in [2.45, 2.75) is 6.92 Å². The van der Waals surface area contributed by atoms with Crippen LogP contribution in [-0.4, -0.2) is 28.9 Å². The molecular weight excluding hydrogens is 316 g/mol. The number of aromatic nitrogens is 2. The Labute approximate surface area is 145 Å². The summed E-state index contributed by atoms with van der Waals surface area (Å²) in [6, 6.07) is 19.3. The third-order valence-corrected chi connectivity index (χ3v) is 3.47. The number of hydrazone groups is 1. The van der Waals surface area contributed by atoms with Crippen LogP contribution in [0.25, 0.3) is 11.3 Å². The summed E-state index contributed by atoms with van der Waals surface area (Å²) >= 11 is 0. The van der Waals surface area contributed by atoms with E-state index in [2.05, 4.69) is 20.7 Å². The summed E-state index contributed by atoms with van der Waals surface area (Å²) in [5.41, 5.74) is 6.33. The number of amides is 1. The highest BCUT2D eigenvalue weighted by atomic mass is 16.5. The van der Waals surface area contributed by atoms with Crippen LogP contribution < -0.4 is 10.2 Å². The highest BCUT2D eigenvalue weighted by Crippen LogP contribution is 2.20. The minimum absolute atomic E-state index is 0.162. The molecule has 3 aromatic rings. The van der Waals surface area contributed by atoms with Crippen LogP contribution in [-0.2, 0) is 4.79 Å². The molecule has 1 heterocycles. The van der Waals surface area contributed by atoms with Gasteiger partial charge in [0, 0.05) is 6.07 Å². The van der Waals surface area contributed by atoms with Crippen molar-refractivity contribution in [3.05, 3.63) is 71.8 Å².